The van der Waals surface area contributed by atoms with Gasteiger partial charge in [0.05, 0.1) is 5.92 Å². The number of carboxylic acids is 2. The molecule has 2 aliphatic carbocycles. The van der Waals surface area contributed by atoms with Gasteiger partial charge in [0.15, 0.2) is 0 Å². The van der Waals surface area contributed by atoms with Crippen LogP contribution in [0.5, 0.6) is 0 Å². The standard InChI is InChI=1S/C18H29NO2.C4H4O4/c1-12-6-5-9-18(2)10-15(18)16-13(8-7-12)14(11-19(3)4)17(20)21-16;5-3(6)1-2-4(7)8/h6,13-16H,5,7-11H2,1-4H3;1-2H,(H,5,6)(H,7,8)/b12-6-;2-1+/t13-,14-,15-,16-,18-;/m0./s1. The molecule has 1 saturated heterocycles. The van der Waals surface area contributed by atoms with E-state index in [4.69, 9.17) is 14.9 Å². The van der Waals surface area contributed by atoms with E-state index >= 15 is 0 Å². The van der Waals surface area contributed by atoms with Gasteiger partial charge in [-0.25, -0.2) is 9.59 Å². The van der Waals surface area contributed by atoms with Gasteiger partial charge >= 0.3 is 17.9 Å². The molecule has 1 saturated carbocycles. The summed E-state index contributed by atoms with van der Waals surface area (Å²) in [6.45, 7) is 5.45. The van der Waals surface area contributed by atoms with Gasteiger partial charge in [0.25, 0.3) is 0 Å². The van der Waals surface area contributed by atoms with Crippen LogP contribution in [-0.4, -0.2) is 59.8 Å². The largest absolute Gasteiger partial charge is 0.478 e. The number of nitrogens with zero attached hydrogens (tertiary/aromatic N) is 1. The zero-order valence-corrected chi connectivity index (χ0v) is 17.8. The molecule has 0 aromatic heterocycles. The highest BCUT2D eigenvalue weighted by Gasteiger charge is 2.60. The molecule has 1 heterocycles. The van der Waals surface area contributed by atoms with E-state index in [0.29, 0.717) is 29.4 Å². The second kappa shape index (κ2) is 9.57. The summed E-state index contributed by atoms with van der Waals surface area (Å²) in [4.78, 5) is 33.6. The molecule has 0 radical (unpaired) electrons. The van der Waals surface area contributed by atoms with Gasteiger partial charge in [-0.05, 0) is 58.5 Å². The second-order valence-corrected chi connectivity index (χ2v) is 9.04. The molecule has 0 unspecified atom stereocenters. The Bertz CT molecular complexity index is 681. The Morgan fingerprint density at radius 2 is 1.90 bits per heavy atom. The van der Waals surface area contributed by atoms with Crippen LogP contribution in [0, 0.1) is 23.2 Å². The van der Waals surface area contributed by atoms with Gasteiger partial charge in [-0.1, -0.05) is 18.6 Å². The molecule has 7 heteroatoms. The summed E-state index contributed by atoms with van der Waals surface area (Å²) in [6, 6.07) is 0. The summed E-state index contributed by atoms with van der Waals surface area (Å²) in [7, 11) is 4.10. The number of fused-ring (bicyclic) bond motifs is 3. The van der Waals surface area contributed by atoms with E-state index in [0.717, 1.165) is 19.4 Å². The van der Waals surface area contributed by atoms with Gasteiger partial charge in [-0.3, -0.25) is 4.79 Å². The number of esters is 1. The summed E-state index contributed by atoms with van der Waals surface area (Å²) < 4.78 is 5.88. The van der Waals surface area contributed by atoms with Crippen molar-refractivity contribution in [1.82, 2.24) is 4.90 Å². The maximum atomic E-state index is 12.4. The molecule has 162 valence electrons. The van der Waals surface area contributed by atoms with Crippen LogP contribution in [0.3, 0.4) is 0 Å². The molecule has 0 spiro atoms. The lowest BCUT2D eigenvalue weighted by Crippen LogP contribution is -2.32. The van der Waals surface area contributed by atoms with E-state index in [1.807, 2.05) is 14.1 Å². The molecular weight excluding hydrogens is 374 g/mol. The van der Waals surface area contributed by atoms with Crippen molar-refractivity contribution < 1.29 is 29.3 Å². The van der Waals surface area contributed by atoms with Crippen LogP contribution < -0.4 is 0 Å². The number of hydrogen-bond acceptors (Lipinski definition) is 5. The second-order valence-electron chi connectivity index (χ2n) is 9.04. The lowest BCUT2D eigenvalue weighted by Gasteiger charge is -2.25. The van der Waals surface area contributed by atoms with E-state index in [9.17, 15) is 14.4 Å². The zero-order chi connectivity index (χ0) is 21.8. The molecular formula is C22H33NO6. The van der Waals surface area contributed by atoms with Crippen molar-refractivity contribution in [3.63, 3.8) is 0 Å². The molecule has 3 aliphatic rings. The number of rotatable bonds is 4. The molecule has 3 rings (SSSR count). The van der Waals surface area contributed by atoms with Gasteiger partial charge in [0.2, 0.25) is 0 Å². The fourth-order valence-corrected chi connectivity index (χ4v) is 4.59. The normalized spacial score (nSPS) is 35.5. The molecule has 29 heavy (non-hydrogen) atoms. The van der Waals surface area contributed by atoms with E-state index in [2.05, 4.69) is 24.8 Å². The Hall–Kier alpha value is -2.15. The Morgan fingerprint density at radius 3 is 2.45 bits per heavy atom. The average molecular weight is 408 g/mol. The predicted octanol–water partition coefficient (Wildman–Crippen LogP) is 2.96. The topological polar surface area (TPSA) is 104 Å². The highest BCUT2D eigenvalue weighted by Crippen LogP contribution is 2.61. The van der Waals surface area contributed by atoms with Crippen molar-refractivity contribution in [2.75, 3.05) is 20.6 Å². The van der Waals surface area contributed by atoms with Crippen molar-refractivity contribution in [2.24, 2.45) is 23.2 Å². The lowest BCUT2D eigenvalue weighted by atomic mass is 9.80. The molecule has 0 aromatic carbocycles. The molecule has 2 fully saturated rings. The van der Waals surface area contributed by atoms with Crippen molar-refractivity contribution in [1.29, 1.82) is 0 Å². The summed E-state index contributed by atoms with van der Waals surface area (Å²) >= 11 is 0. The Labute approximate surface area is 172 Å². The van der Waals surface area contributed by atoms with Crippen molar-refractivity contribution >= 4 is 17.9 Å². The van der Waals surface area contributed by atoms with Crippen LogP contribution in [0.2, 0.25) is 0 Å². The third kappa shape index (κ3) is 6.42. The van der Waals surface area contributed by atoms with Gasteiger partial charge in [0.1, 0.15) is 6.10 Å². The summed E-state index contributed by atoms with van der Waals surface area (Å²) in [5.41, 5.74) is 1.89. The summed E-state index contributed by atoms with van der Waals surface area (Å²) in [5.74, 6) is -1.38. The van der Waals surface area contributed by atoms with Gasteiger partial charge < -0.3 is 19.8 Å². The first-order chi connectivity index (χ1) is 13.5. The third-order valence-electron chi connectivity index (χ3n) is 6.32. The summed E-state index contributed by atoms with van der Waals surface area (Å²) in [6.07, 6.45) is 9.60. The Kier molecular flexibility index (Phi) is 7.63. The lowest BCUT2D eigenvalue weighted by molar-refractivity contribution is -0.145. The van der Waals surface area contributed by atoms with E-state index in [1.54, 1.807) is 0 Å². The fourth-order valence-electron chi connectivity index (χ4n) is 4.59. The number of carbonyl (C=O) groups is 3. The monoisotopic (exact) mass is 407 g/mol. The van der Waals surface area contributed by atoms with Gasteiger partial charge in [-0.2, -0.15) is 0 Å². The molecule has 0 bridgehead atoms. The van der Waals surface area contributed by atoms with Crippen LogP contribution >= 0.6 is 0 Å². The van der Waals surface area contributed by atoms with Crippen LogP contribution in [0.1, 0.15) is 46.0 Å². The predicted molar refractivity (Wildman–Crippen MR) is 108 cm³/mol. The van der Waals surface area contributed by atoms with E-state index in [-0.39, 0.29) is 18.0 Å². The van der Waals surface area contributed by atoms with Crippen molar-refractivity contribution in [3.8, 4) is 0 Å². The van der Waals surface area contributed by atoms with Crippen molar-refractivity contribution in [2.45, 2.75) is 52.1 Å². The molecule has 5 atom stereocenters. The number of carboxylic acid groups (broad SMARTS) is 2. The third-order valence-corrected chi connectivity index (χ3v) is 6.32. The van der Waals surface area contributed by atoms with Gasteiger partial charge in [-0.15, -0.1) is 0 Å². The SMILES string of the molecule is C/C1=C/CC[C@@]2(C)C[C@H]2[C@H]2OC(=O)[C@@H](CN(C)C)[C@@H]2CC1.O=C(O)/C=C/C(=O)O. The number of aliphatic carboxylic acids is 2. The number of allylic oxidation sites excluding steroid dienone is 2. The molecule has 1 aliphatic heterocycles. The average Bonchev–Trinajstić information content (AvgIpc) is 3.19. The first kappa shape index (κ1) is 23.1. The minimum atomic E-state index is -1.26. The number of ether oxygens (including phenoxy) is 1. The van der Waals surface area contributed by atoms with Crippen LogP contribution in [0.15, 0.2) is 23.8 Å². The first-order valence-electron chi connectivity index (χ1n) is 10.2. The molecule has 7 nitrogen and oxygen atoms in total. The van der Waals surface area contributed by atoms with E-state index in [1.165, 1.54) is 24.8 Å². The maximum absolute atomic E-state index is 12.4. The molecule has 2 N–H and O–H groups in total. The smallest absolute Gasteiger partial charge is 0.328 e. The molecule has 0 amide bonds. The Morgan fingerprint density at radius 1 is 1.28 bits per heavy atom. The minimum absolute atomic E-state index is 0.0498. The zero-order valence-electron chi connectivity index (χ0n) is 17.8. The van der Waals surface area contributed by atoms with Crippen LogP contribution in [-0.2, 0) is 19.1 Å². The highest BCUT2D eigenvalue weighted by atomic mass is 16.6. The summed E-state index contributed by atoms with van der Waals surface area (Å²) in [5, 5.41) is 15.6. The van der Waals surface area contributed by atoms with E-state index < -0.39 is 11.9 Å². The maximum Gasteiger partial charge on any atom is 0.328 e. The minimum Gasteiger partial charge on any atom is -0.478 e. The fraction of sp³-hybridized carbons (Fsp3) is 0.682. The Balaban J connectivity index is 0.000000321. The van der Waals surface area contributed by atoms with Crippen molar-refractivity contribution in [3.05, 3.63) is 23.8 Å². The quantitative estimate of drug-likeness (QED) is 0.419. The number of hydrogen-bond donors (Lipinski definition) is 2. The first-order valence-corrected chi connectivity index (χ1v) is 10.2. The van der Waals surface area contributed by atoms with Gasteiger partial charge in [0, 0.05) is 30.5 Å². The van der Waals surface area contributed by atoms with Crippen LogP contribution in [0.25, 0.3) is 0 Å². The number of carbonyl (C=O) groups excluding carboxylic acids is 1. The molecule has 0 aromatic rings. The van der Waals surface area contributed by atoms with Crippen LogP contribution in [0.4, 0.5) is 0 Å². The highest BCUT2D eigenvalue weighted by molar-refractivity contribution is 5.89.